The molecule has 0 unspecified atom stereocenters. The second-order valence-corrected chi connectivity index (χ2v) is 3.70. The number of hydrogen-bond donors (Lipinski definition) is 2. The molecule has 1 aromatic rings. The van der Waals surface area contributed by atoms with E-state index in [1.54, 1.807) is 6.20 Å². The highest BCUT2D eigenvalue weighted by molar-refractivity contribution is 7.80. The number of pyridine rings is 1. The quantitative estimate of drug-likeness (QED) is 0.742. The van der Waals surface area contributed by atoms with Gasteiger partial charge in [0.05, 0.1) is 0 Å². The first kappa shape index (κ1) is 11.9. The smallest absolute Gasteiger partial charge is 0.166 e. The van der Waals surface area contributed by atoms with Crippen LogP contribution in [0.25, 0.3) is 0 Å². The molecular weight excluding hydrogens is 206 g/mol. The zero-order valence-corrected chi connectivity index (χ0v) is 9.81. The van der Waals surface area contributed by atoms with E-state index < -0.39 is 0 Å². The van der Waals surface area contributed by atoms with E-state index >= 15 is 0 Å². The van der Waals surface area contributed by atoms with Crippen molar-refractivity contribution in [3.63, 3.8) is 0 Å². The summed E-state index contributed by atoms with van der Waals surface area (Å²) >= 11 is 5.10. The van der Waals surface area contributed by atoms with Crippen LogP contribution in [0.2, 0.25) is 0 Å². The number of thiocarbonyl (C=S) groups is 1. The van der Waals surface area contributed by atoms with E-state index in [2.05, 4.69) is 28.6 Å². The lowest BCUT2D eigenvalue weighted by atomic mass is 10.2. The zero-order chi connectivity index (χ0) is 10.9. The molecule has 0 saturated carbocycles. The molecule has 3 nitrogen and oxygen atoms in total. The minimum atomic E-state index is 0.737. The van der Waals surface area contributed by atoms with Crippen LogP contribution in [0.15, 0.2) is 24.5 Å². The highest BCUT2D eigenvalue weighted by atomic mass is 32.1. The Morgan fingerprint density at radius 1 is 1.40 bits per heavy atom. The molecular formula is C11H17N3S. The molecule has 0 fully saturated rings. The number of hydrogen-bond acceptors (Lipinski definition) is 2. The van der Waals surface area contributed by atoms with Gasteiger partial charge < -0.3 is 10.6 Å². The van der Waals surface area contributed by atoms with Gasteiger partial charge in [-0.15, -0.1) is 0 Å². The summed E-state index contributed by atoms with van der Waals surface area (Å²) in [5, 5.41) is 7.02. The first-order chi connectivity index (χ1) is 7.33. The van der Waals surface area contributed by atoms with Crippen molar-refractivity contribution < 1.29 is 0 Å². The lowest BCUT2D eigenvalue weighted by Crippen LogP contribution is -2.36. The van der Waals surface area contributed by atoms with E-state index in [4.69, 9.17) is 12.2 Å². The molecule has 0 aliphatic carbocycles. The van der Waals surface area contributed by atoms with Crippen molar-refractivity contribution in [2.45, 2.75) is 19.8 Å². The fourth-order valence-corrected chi connectivity index (χ4v) is 1.37. The third-order valence-corrected chi connectivity index (χ3v) is 2.25. The Hall–Kier alpha value is -1.16. The zero-order valence-electron chi connectivity index (χ0n) is 8.99. The molecule has 2 N–H and O–H groups in total. The van der Waals surface area contributed by atoms with Crippen molar-refractivity contribution in [1.82, 2.24) is 15.6 Å². The minimum Gasteiger partial charge on any atom is -0.363 e. The molecule has 0 aromatic carbocycles. The molecule has 0 radical (unpaired) electrons. The van der Waals surface area contributed by atoms with Gasteiger partial charge in [0.2, 0.25) is 0 Å². The van der Waals surface area contributed by atoms with Crippen LogP contribution in [0.3, 0.4) is 0 Å². The fourth-order valence-electron chi connectivity index (χ4n) is 1.17. The number of rotatable bonds is 5. The lowest BCUT2D eigenvalue weighted by Gasteiger charge is -2.09. The molecule has 0 aliphatic rings. The summed E-state index contributed by atoms with van der Waals surface area (Å²) in [4.78, 5) is 4.06. The Morgan fingerprint density at radius 2 is 2.20 bits per heavy atom. The van der Waals surface area contributed by atoms with E-state index in [0.717, 1.165) is 31.0 Å². The summed E-state index contributed by atoms with van der Waals surface area (Å²) in [6.45, 7) is 3.89. The van der Waals surface area contributed by atoms with Crippen LogP contribution in [-0.4, -0.2) is 23.2 Å². The van der Waals surface area contributed by atoms with Gasteiger partial charge >= 0.3 is 0 Å². The Bertz CT molecular complexity index is 287. The summed E-state index contributed by atoms with van der Waals surface area (Å²) in [7, 11) is 0. The summed E-state index contributed by atoms with van der Waals surface area (Å²) in [6.07, 6.45) is 5.70. The molecule has 0 aliphatic heterocycles. The van der Waals surface area contributed by atoms with Gasteiger partial charge in [0, 0.05) is 25.5 Å². The van der Waals surface area contributed by atoms with E-state index in [1.807, 2.05) is 12.3 Å². The second-order valence-electron chi connectivity index (χ2n) is 3.29. The Balaban J connectivity index is 2.14. The van der Waals surface area contributed by atoms with Crippen LogP contribution in [0.5, 0.6) is 0 Å². The molecule has 0 atom stereocenters. The molecule has 1 rings (SSSR count). The lowest BCUT2D eigenvalue weighted by molar-refractivity contribution is 0.789. The molecule has 0 saturated heterocycles. The number of nitrogens with zero attached hydrogens (tertiary/aromatic N) is 1. The van der Waals surface area contributed by atoms with Crippen LogP contribution in [0, 0.1) is 0 Å². The normalized spacial score (nSPS) is 9.67. The van der Waals surface area contributed by atoms with Crippen molar-refractivity contribution in [3.05, 3.63) is 30.1 Å². The maximum Gasteiger partial charge on any atom is 0.166 e. The monoisotopic (exact) mass is 223 g/mol. The molecule has 15 heavy (non-hydrogen) atoms. The van der Waals surface area contributed by atoms with Gasteiger partial charge in [0.15, 0.2) is 5.11 Å². The summed E-state index contributed by atoms with van der Waals surface area (Å²) in [5.41, 5.74) is 1.23. The van der Waals surface area contributed by atoms with Gasteiger partial charge in [-0.05, 0) is 36.7 Å². The average molecular weight is 223 g/mol. The number of aromatic nitrogens is 1. The largest absolute Gasteiger partial charge is 0.363 e. The summed E-state index contributed by atoms with van der Waals surface area (Å²) in [6, 6.07) is 4.01. The molecule has 0 spiro atoms. The SMILES string of the molecule is CCCNC(=S)NCCc1cccnc1. The van der Waals surface area contributed by atoms with Crippen LogP contribution < -0.4 is 10.6 Å². The molecule has 4 heteroatoms. The highest BCUT2D eigenvalue weighted by Crippen LogP contribution is 1.95. The van der Waals surface area contributed by atoms with E-state index in [0.29, 0.717) is 0 Å². The minimum absolute atomic E-state index is 0.737. The predicted molar refractivity (Wildman–Crippen MR) is 66.8 cm³/mol. The van der Waals surface area contributed by atoms with E-state index in [1.165, 1.54) is 5.56 Å². The van der Waals surface area contributed by atoms with E-state index in [9.17, 15) is 0 Å². The maximum absolute atomic E-state index is 5.10. The Morgan fingerprint density at radius 3 is 2.87 bits per heavy atom. The third-order valence-electron chi connectivity index (χ3n) is 1.96. The second kappa shape index (κ2) is 7.17. The molecule has 0 bridgehead atoms. The molecule has 0 amide bonds. The predicted octanol–water partition coefficient (Wildman–Crippen LogP) is 1.50. The summed E-state index contributed by atoms with van der Waals surface area (Å²) < 4.78 is 0. The Labute approximate surface area is 96.3 Å². The van der Waals surface area contributed by atoms with Crippen LogP contribution in [-0.2, 0) is 6.42 Å². The molecule has 82 valence electrons. The first-order valence-corrected chi connectivity index (χ1v) is 5.64. The van der Waals surface area contributed by atoms with Crippen molar-refractivity contribution in [2.24, 2.45) is 0 Å². The van der Waals surface area contributed by atoms with Crippen molar-refractivity contribution >= 4 is 17.3 Å². The molecule has 1 heterocycles. The van der Waals surface area contributed by atoms with Crippen LogP contribution >= 0.6 is 12.2 Å². The first-order valence-electron chi connectivity index (χ1n) is 5.23. The summed E-state index contributed by atoms with van der Waals surface area (Å²) in [5.74, 6) is 0. The van der Waals surface area contributed by atoms with Crippen LogP contribution in [0.4, 0.5) is 0 Å². The van der Waals surface area contributed by atoms with Gasteiger partial charge in [-0.1, -0.05) is 13.0 Å². The standard InChI is InChI=1S/C11H17N3S/c1-2-6-13-11(15)14-8-5-10-4-3-7-12-9-10/h3-4,7,9H,2,5-6,8H2,1H3,(H2,13,14,15). The van der Waals surface area contributed by atoms with Gasteiger partial charge in [-0.2, -0.15) is 0 Å². The van der Waals surface area contributed by atoms with Gasteiger partial charge in [-0.25, -0.2) is 0 Å². The Kier molecular flexibility index (Phi) is 5.70. The topological polar surface area (TPSA) is 37.0 Å². The van der Waals surface area contributed by atoms with Crippen molar-refractivity contribution in [1.29, 1.82) is 0 Å². The fraction of sp³-hybridized carbons (Fsp3) is 0.455. The van der Waals surface area contributed by atoms with Gasteiger partial charge in [-0.3, -0.25) is 4.98 Å². The third kappa shape index (κ3) is 5.32. The highest BCUT2D eigenvalue weighted by Gasteiger charge is 1.94. The van der Waals surface area contributed by atoms with Gasteiger partial charge in [0.25, 0.3) is 0 Å². The number of nitrogens with one attached hydrogen (secondary N) is 2. The molecule has 1 aromatic heterocycles. The van der Waals surface area contributed by atoms with Crippen molar-refractivity contribution in [3.8, 4) is 0 Å². The van der Waals surface area contributed by atoms with Crippen molar-refractivity contribution in [2.75, 3.05) is 13.1 Å². The van der Waals surface area contributed by atoms with E-state index in [-0.39, 0.29) is 0 Å². The average Bonchev–Trinajstić information content (AvgIpc) is 2.28. The van der Waals surface area contributed by atoms with Gasteiger partial charge in [0.1, 0.15) is 0 Å². The van der Waals surface area contributed by atoms with Crippen LogP contribution in [0.1, 0.15) is 18.9 Å². The maximum atomic E-state index is 5.10.